The molecule has 3 aliphatic rings. The number of carbonyl (C=O) groups is 2. The van der Waals surface area contributed by atoms with Crippen molar-refractivity contribution in [2.24, 2.45) is 0 Å². The van der Waals surface area contributed by atoms with Gasteiger partial charge in [-0.05, 0) is 74.5 Å². The number of urea groups is 1. The number of benzene rings is 3. The number of carbonyl (C=O) groups excluding carboxylic acids is 2. The van der Waals surface area contributed by atoms with Gasteiger partial charge in [-0.25, -0.2) is 14.7 Å². The first-order valence-corrected chi connectivity index (χ1v) is 17.2. The summed E-state index contributed by atoms with van der Waals surface area (Å²) in [4.78, 5) is 37.2. The second kappa shape index (κ2) is 13.9. The van der Waals surface area contributed by atoms with Gasteiger partial charge in [-0.2, -0.15) is 0 Å². The number of rotatable bonds is 10. The summed E-state index contributed by atoms with van der Waals surface area (Å²) in [5.41, 5.74) is 3.50. The second-order valence-electron chi connectivity index (χ2n) is 12.4. The fourth-order valence-corrected chi connectivity index (χ4v) is 7.26. The lowest BCUT2D eigenvalue weighted by Gasteiger charge is -2.37. The first-order chi connectivity index (χ1) is 23.7. The molecule has 0 saturated carbocycles. The molecule has 0 spiro atoms. The SMILES string of the molecule is CCN1C(=O)N(c2ccc(N3CCN(c4ccc(OCC5COC(Cn6ccnc6)(c6ccc(Cl)cc6Cl)O5)cc4)CC3)cc2)C(=O)C1C. The molecule has 7 rings (SSSR count). The van der Waals surface area contributed by atoms with Gasteiger partial charge in [-0.3, -0.25) is 4.79 Å². The molecule has 1 aromatic heterocycles. The van der Waals surface area contributed by atoms with Crippen LogP contribution in [0.15, 0.2) is 85.5 Å². The molecule has 3 aromatic carbocycles. The van der Waals surface area contributed by atoms with E-state index in [1.807, 2.05) is 60.2 Å². The minimum atomic E-state index is -1.11. The Morgan fingerprint density at radius 3 is 2.16 bits per heavy atom. The van der Waals surface area contributed by atoms with Crippen molar-refractivity contribution in [3.05, 3.63) is 101 Å². The number of piperazine rings is 1. The Balaban J connectivity index is 0.923. The highest BCUT2D eigenvalue weighted by atomic mass is 35.5. The molecule has 49 heavy (non-hydrogen) atoms. The molecule has 4 aromatic rings. The van der Waals surface area contributed by atoms with Crippen LogP contribution in [0.1, 0.15) is 19.4 Å². The van der Waals surface area contributed by atoms with Crippen LogP contribution >= 0.6 is 23.2 Å². The average Bonchev–Trinajstić information content (AvgIpc) is 3.83. The van der Waals surface area contributed by atoms with Crippen LogP contribution in [0.2, 0.25) is 10.0 Å². The van der Waals surface area contributed by atoms with Gasteiger partial charge in [0.05, 0.1) is 30.2 Å². The number of hydrogen-bond donors (Lipinski definition) is 0. The van der Waals surface area contributed by atoms with E-state index in [-0.39, 0.29) is 18.0 Å². The number of imide groups is 1. The minimum absolute atomic E-state index is 0.186. The van der Waals surface area contributed by atoms with E-state index in [1.54, 1.807) is 36.5 Å². The summed E-state index contributed by atoms with van der Waals surface area (Å²) in [5, 5.41) is 1.00. The largest absolute Gasteiger partial charge is 0.491 e. The van der Waals surface area contributed by atoms with E-state index in [0.717, 1.165) is 43.3 Å². The molecule has 0 aliphatic carbocycles. The zero-order valence-corrected chi connectivity index (χ0v) is 28.9. The highest BCUT2D eigenvalue weighted by Gasteiger charge is 2.45. The van der Waals surface area contributed by atoms with Crippen molar-refractivity contribution in [1.29, 1.82) is 0 Å². The van der Waals surface area contributed by atoms with E-state index < -0.39 is 11.8 Å². The molecule has 3 saturated heterocycles. The van der Waals surface area contributed by atoms with Gasteiger partial charge in [0.1, 0.15) is 24.5 Å². The van der Waals surface area contributed by atoms with Crippen molar-refractivity contribution < 1.29 is 23.8 Å². The lowest BCUT2D eigenvalue weighted by molar-refractivity contribution is -0.189. The Bertz CT molecular complexity index is 1780. The summed E-state index contributed by atoms with van der Waals surface area (Å²) in [6.45, 7) is 8.57. The first kappa shape index (κ1) is 33.2. The molecule has 0 bridgehead atoms. The Kier molecular flexibility index (Phi) is 9.43. The molecule has 3 fully saturated rings. The molecule has 3 unspecified atom stereocenters. The molecule has 3 atom stereocenters. The van der Waals surface area contributed by atoms with Crippen LogP contribution in [0.5, 0.6) is 5.75 Å². The van der Waals surface area contributed by atoms with Crippen LogP contribution in [0, 0.1) is 0 Å². The van der Waals surface area contributed by atoms with E-state index in [9.17, 15) is 9.59 Å². The number of halogens is 2. The summed E-state index contributed by atoms with van der Waals surface area (Å²) in [6.07, 6.45) is 4.96. The van der Waals surface area contributed by atoms with Crippen molar-refractivity contribution >= 4 is 52.2 Å². The van der Waals surface area contributed by atoms with E-state index in [0.29, 0.717) is 47.6 Å². The number of hydrogen-bond acceptors (Lipinski definition) is 8. The number of aromatic nitrogens is 2. The van der Waals surface area contributed by atoms with Crippen LogP contribution in [-0.2, 0) is 26.6 Å². The second-order valence-corrected chi connectivity index (χ2v) is 13.2. The lowest BCUT2D eigenvalue weighted by atomic mass is 10.1. The molecule has 4 heterocycles. The molecule has 11 nitrogen and oxygen atoms in total. The van der Waals surface area contributed by atoms with Gasteiger partial charge in [-0.15, -0.1) is 0 Å². The van der Waals surface area contributed by atoms with Gasteiger partial charge >= 0.3 is 6.03 Å². The van der Waals surface area contributed by atoms with Crippen molar-refractivity contribution in [3.8, 4) is 5.75 Å². The van der Waals surface area contributed by atoms with Crippen LogP contribution in [0.3, 0.4) is 0 Å². The van der Waals surface area contributed by atoms with Gasteiger partial charge in [0, 0.05) is 67.1 Å². The highest BCUT2D eigenvalue weighted by Crippen LogP contribution is 2.41. The quantitative estimate of drug-likeness (QED) is 0.185. The molecular weight excluding hydrogens is 667 g/mol. The van der Waals surface area contributed by atoms with Crippen molar-refractivity contribution in [2.45, 2.75) is 38.3 Å². The van der Waals surface area contributed by atoms with Crippen molar-refractivity contribution in [1.82, 2.24) is 14.5 Å². The highest BCUT2D eigenvalue weighted by molar-refractivity contribution is 6.35. The smallest absolute Gasteiger partial charge is 0.332 e. The molecule has 256 valence electrons. The summed E-state index contributed by atoms with van der Waals surface area (Å²) in [5.74, 6) is -0.547. The summed E-state index contributed by atoms with van der Waals surface area (Å²) >= 11 is 12.8. The monoisotopic (exact) mass is 704 g/mol. The zero-order chi connectivity index (χ0) is 34.1. The fourth-order valence-electron chi connectivity index (χ4n) is 6.71. The maximum Gasteiger partial charge on any atom is 0.332 e. The zero-order valence-electron chi connectivity index (χ0n) is 27.4. The Morgan fingerprint density at radius 2 is 1.57 bits per heavy atom. The standard InChI is InChI=1S/C36H38Cl2N6O5/c1-3-43-25(2)34(45)44(35(43)46)29-7-5-27(6-8-29)41-16-18-42(19-17-41)28-9-11-30(12-10-28)47-21-31-22-48-36(49-31,23-40-15-14-39-24-40)32-13-4-26(37)20-33(32)38/h4-15,20,24-25,31H,3,16-19,21-23H2,1-2H3. The molecule has 0 radical (unpaired) electrons. The van der Waals surface area contributed by atoms with E-state index in [4.69, 9.17) is 37.4 Å². The maximum atomic E-state index is 12.8. The van der Waals surface area contributed by atoms with Crippen molar-refractivity contribution in [2.75, 3.05) is 60.6 Å². The number of nitrogens with zero attached hydrogens (tertiary/aromatic N) is 6. The fraction of sp³-hybridized carbons (Fsp3) is 0.361. The predicted molar refractivity (Wildman–Crippen MR) is 189 cm³/mol. The Hall–Kier alpha value is -4.29. The average molecular weight is 706 g/mol. The van der Waals surface area contributed by atoms with Gasteiger partial charge in [0.15, 0.2) is 0 Å². The van der Waals surface area contributed by atoms with E-state index in [2.05, 4.69) is 26.9 Å². The third-order valence-electron chi connectivity index (χ3n) is 9.36. The van der Waals surface area contributed by atoms with Crippen LogP contribution in [0.25, 0.3) is 0 Å². The number of amides is 3. The summed E-state index contributed by atoms with van der Waals surface area (Å²) in [6, 6.07) is 20.4. The van der Waals surface area contributed by atoms with Gasteiger partial charge in [0.25, 0.3) is 5.91 Å². The molecule has 13 heteroatoms. The molecule has 3 amide bonds. The number of imidazole rings is 1. The van der Waals surface area contributed by atoms with Gasteiger partial charge < -0.3 is 33.5 Å². The molecule has 3 aliphatic heterocycles. The normalized spacial score (nSPS) is 22.8. The van der Waals surface area contributed by atoms with Crippen LogP contribution < -0.4 is 19.4 Å². The molecule has 0 N–H and O–H groups in total. The van der Waals surface area contributed by atoms with E-state index >= 15 is 0 Å². The van der Waals surface area contributed by atoms with Crippen LogP contribution in [0.4, 0.5) is 21.9 Å². The van der Waals surface area contributed by atoms with Gasteiger partial charge in [0.2, 0.25) is 5.79 Å². The Morgan fingerprint density at radius 1 is 0.918 bits per heavy atom. The Labute approximate surface area is 295 Å². The molecular formula is C36H38Cl2N6O5. The predicted octanol–water partition coefficient (Wildman–Crippen LogP) is 6.04. The number of likely N-dealkylation sites (N-methyl/N-ethyl adjacent to an activating group) is 1. The number of anilines is 3. The topological polar surface area (TPSA) is 92.6 Å². The third kappa shape index (κ3) is 6.68. The number of ether oxygens (including phenoxy) is 3. The summed E-state index contributed by atoms with van der Waals surface area (Å²) in [7, 11) is 0. The maximum absolute atomic E-state index is 12.8. The first-order valence-electron chi connectivity index (χ1n) is 16.4. The van der Waals surface area contributed by atoms with E-state index in [1.165, 1.54) is 4.90 Å². The van der Waals surface area contributed by atoms with Crippen LogP contribution in [-0.4, -0.2) is 84.5 Å². The summed E-state index contributed by atoms with van der Waals surface area (Å²) < 4.78 is 20.8. The third-order valence-corrected chi connectivity index (χ3v) is 9.91. The minimum Gasteiger partial charge on any atom is -0.491 e. The van der Waals surface area contributed by atoms with Crippen molar-refractivity contribution in [3.63, 3.8) is 0 Å². The lowest BCUT2D eigenvalue weighted by Crippen LogP contribution is -2.46. The van der Waals surface area contributed by atoms with Gasteiger partial charge in [-0.1, -0.05) is 29.3 Å².